The van der Waals surface area contributed by atoms with Crippen molar-refractivity contribution in [2.45, 2.75) is 13.3 Å². The fourth-order valence-electron chi connectivity index (χ4n) is 3.05. The highest BCUT2D eigenvalue weighted by molar-refractivity contribution is 5.86. The Balaban J connectivity index is 1.83. The average Bonchev–Trinajstić information content (AvgIpc) is 2.93. The third-order valence-electron chi connectivity index (χ3n) is 4.54. The second kappa shape index (κ2) is 5.33. The van der Waals surface area contributed by atoms with Gasteiger partial charge >= 0.3 is 0 Å². The van der Waals surface area contributed by atoms with Crippen molar-refractivity contribution in [1.82, 2.24) is 9.97 Å². The maximum absolute atomic E-state index is 9.88. The van der Waals surface area contributed by atoms with E-state index in [2.05, 4.69) is 33.9 Å². The van der Waals surface area contributed by atoms with E-state index in [0.717, 1.165) is 29.7 Å². The predicted octanol–water partition coefficient (Wildman–Crippen LogP) is 3.17. The zero-order chi connectivity index (χ0) is 16.8. The Morgan fingerprint density at radius 3 is 2.62 bits per heavy atom. The van der Waals surface area contributed by atoms with E-state index in [-0.39, 0.29) is 17.2 Å². The van der Waals surface area contributed by atoms with E-state index >= 15 is 0 Å². The molecule has 1 aliphatic heterocycles. The molecule has 0 amide bonds. The van der Waals surface area contributed by atoms with Gasteiger partial charge in [-0.1, -0.05) is 0 Å². The second-order valence-corrected chi connectivity index (χ2v) is 6.13. The number of rotatable bonds is 3. The molecule has 6 nitrogen and oxygen atoms in total. The summed E-state index contributed by atoms with van der Waals surface area (Å²) in [7, 11) is 1.44. The molecule has 0 unspecified atom stereocenters. The number of nitrogens with one attached hydrogen (secondary N) is 1. The monoisotopic (exact) mass is 325 g/mol. The molecule has 0 bridgehead atoms. The molecular formula is C18H19N3O3. The molecule has 3 aromatic rings. The van der Waals surface area contributed by atoms with Crippen molar-refractivity contribution >= 4 is 16.7 Å². The van der Waals surface area contributed by atoms with E-state index in [1.165, 1.54) is 25.3 Å². The second-order valence-electron chi connectivity index (χ2n) is 6.13. The lowest BCUT2D eigenvalue weighted by atomic mass is 10.1. The first-order valence-corrected chi connectivity index (χ1v) is 7.92. The summed E-state index contributed by atoms with van der Waals surface area (Å²) in [6.07, 6.45) is 1.23. The third-order valence-corrected chi connectivity index (χ3v) is 4.54. The number of H-pyrrole nitrogens is 1. The average molecular weight is 325 g/mol. The van der Waals surface area contributed by atoms with Crippen LogP contribution in [0.4, 0.5) is 5.69 Å². The van der Waals surface area contributed by atoms with E-state index in [1.807, 2.05) is 0 Å². The number of hydrogen-bond donors (Lipinski definition) is 3. The highest BCUT2D eigenvalue weighted by Crippen LogP contribution is 2.39. The first-order chi connectivity index (χ1) is 11.6. The standard InChI is InChI=1S/C18H19N3O3/c1-10-6-12(21-4-3-5-21)9-13-16(10)20-18(19-13)11-7-14(22)17(23)15(8-11)24-2/h6-9,22-23H,3-5H2,1-2H3,(H,19,20). The maximum Gasteiger partial charge on any atom is 0.200 e. The molecule has 3 N–H and O–H groups in total. The normalized spacial score (nSPS) is 14.0. The van der Waals surface area contributed by atoms with E-state index in [4.69, 9.17) is 4.74 Å². The number of aryl methyl sites for hydroxylation is 1. The van der Waals surface area contributed by atoms with Crippen LogP contribution in [0.2, 0.25) is 0 Å². The summed E-state index contributed by atoms with van der Waals surface area (Å²) in [4.78, 5) is 10.3. The lowest BCUT2D eigenvalue weighted by molar-refractivity contribution is 0.351. The van der Waals surface area contributed by atoms with Crippen LogP contribution in [0.15, 0.2) is 24.3 Å². The number of phenolic OH excluding ortho intramolecular Hbond substituents is 2. The van der Waals surface area contributed by atoms with Crippen LogP contribution in [-0.2, 0) is 0 Å². The quantitative estimate of drug-likeness (QED) is 0.644. The van der Waals surface area contributed by atoms with Gasteiger partial charge in [0, 0.05) is 24.3 Å². The first-order valence-electron chi connectivity index (χ1n) is 7.92. The minimum absolute atomic E-state index is 0.212. The fraction of sp³-hybridized carbons (Fsp3) is 0.278. The SMILES string of the molecule is COc1cc(-c2nc3cc(N4CCC4)cc(C)c3[nH]2)cc(O)c1O. The molecule has 0 radical (unpaired) electrons. The van der Waals surface area contributed by atoms with Crippen LogP contribution < -0.4 is 9.64 Å². The number of ether oxygens (including phenoxy) is 1. The highest BCUT2D eigenvalue weighted by Gasteiger charge is 2.18. The van der Waals surface area contributed by atoms with Crippen molar-refractivity contribution in [2.24, 2.45) is 0 Å². The number of nitrogens with zero attached hydrogens (tertiary/aromatic N) is 2. The van der Waals surface area contributed by atoms with Crippen molar-refractivity contribution in [3.05, 3.63) is 29.8 Å². The summed E-state index contributed by atoms with van der Waals surface area (Å²) in [5.74, 6) is 0.335. The van der Waals surface area contributed by atoms with Crippen molar-refractivity contribution in [3.63, 3.8) is 0 Å². The van der Waals surface area contributed by atoms with Crippen LogP contribution in [0.25, 0.3) is 22.4 Å². The fourth-order valence-corrected chi connectivity index (χ4v) is 3.05. The number of aromatic hydroxyl groups is 2. The molecule has 1 saturated heterocycles. The largest absolute Gasteiger partial charge is 0.504 e. The van der Waals surface area contributed by atoms with Gasteiger partial charge < -0.3 is 24.8 Å². The Bertz CT molecular complexity index is 929. The molecule has 1 aliphatic rings. The lowest BCUT2D eigenvalue weighted by Crippen LogP contribution is -2.36. The Labute approximate surface area is 139 Å². The molecule has 4 rings (SSSR count). The van der Waals surface area contributed by atoms with Gasteiger partial charge in [-0.3, -0.25) is 0 Å². The molecule has 0 saturated carbocycles. The van der Waals surface area contributed by atoms with Crippen molar-refractivity contribution in [2.75, 3.05) is 25.1 Å². The number of fused-ring (bicyclic) bond motifs is 1. The van der Waals surface area contributed by atoms with Gasteiger partial charge in [-0.15, -0.1) is 0 Å². The number of hydrogen-bond acceptors (Lipinski definition) is 5. The molecule has 1 aromatic heterocycles. The van der Waals surface area contributed by atoms with Crippen LogP contribution in [-0.4, -0.2) is 40.4 Å². The van der Waals surface area contributed by atoms with Gasteiger partial charge in [-0.05, 0) is 43.2 Å². The Morgan fingerprint density at radius 2 is 1.96 bits per heavy atom. The van der Waals surface area contributed by atoms with Crippen molar-refractivity contribution in [3.8, 4) is 28.6 Å². The Hall–Kier alpha value is -2.89. The number of anilines is 1. The molecule has 6 heteroatoms. The van der Waals surface area contributed by atoms with Crippen LogP contribution in [0.3, 0.4) is 0 Å². The third kappa shape index (κ3) is 2.22. The number of methoxy groups -OCH3 is 1. The van der Waals surface area contributed by atoms with Crippen LogP contribution in [0, 0.1) is 6.92 Å². The Morgan fingerprint density at radius 1 is 1.17 bits per heavy atom. The minimum atomic E-state index is -0.270. The molecule has 0 aliphatic carbocycles. The zero-order valence-corrected chi connectivity index (χ0v) is 13.6. The summed E-state index contributed by atoms with van der Waals surface area (Å²) in [5, 5.41) is 19.7. The predicted molar refractivity (Wildman–Crippen MR) is 93.0 cm³/mol. The molecule has 124 valence electrons. The van der Waals surface area contributed by atoms with Gasteiger partial charge in [-0.25, -0.2) is 4.98 Å². The molecule has 0 atom stereocenters. The molecule has 2 aromatic carbocycles. The van der Waals surface area contributed by atoms with E-state index in [9.17, 15) is 10.2 Å². The summed E-state index contributed by atoms with van der Waals surface area (Å²) >= 11 is 0. The van der Waals surface area contributed by atoms with Crippen LogP contribution >= 0.6 is 0 Å². The van der Waals surface area contributed by atoms with Gasteiger partial charge in [0.05, 0.1) is 18.1 Å². The summed E-state index contributed by atoms with van der Waals surface area (Å²) in [6, 6.07) is 7.37. The summed E-state index contributed by atoms with van der Waals surface area (Å²) in [5.41, 5.74) is 4.83. The van der Waals surface area contributed by atoms with Gasteiger partial charge in [0.25, 0.3) is 0 Å². The maximum atomic E-state index is 9.88. The molecular weight excluding hydrogens is 306 g/mol. The van der Waals surface area contributed by atoms with Crippen molar-refractivity contribution in [1.29, 1.82) is 0 Å². The van der Waals surface area contributed by atoms with Crippen LogP contribution in [0.5, 0.6) is 17.2 Å². The van der Waals surface area contributed by atoms with Crippen molar-refractivity contribution < 1.29 is 14.9 Å². The van der Waals surface area contributed by atoms with Gasteiger partial charge in [-0.2, -0.15) is 0 Å². The topological polar surface area (TPSA) is 81.6 Å². The Kier molecular flexibility index (Phi) is 3.26. The number of benzene rings is 2. The molecule has 0 spiro atoms. The number of aromatic amines is 1. The lowest BCUT2D eigenvalue weighted by Gasteiger charge is -2.33. The van der Waals surface area contributed by atoms with E-state index in [0.29, 0.717) is 11.4 Å². The molecule has 2 heterocycles. The van der Waals surface area contributed by atoms with Gasteiger partial charge in [0.1, 0.15) is 5.82 Å². The molecule has 24 heavy (non-hydrogen) atoms. The summed E-state index contributed by atoms with van der Waals surface area (Å²) < 4.78 is 5.10. The number of aromatic nitrogens is 2. The van der Waals surface area contributed by atoms with Crippen LogP contribution in [0.1, 0.15) is 12.0 Å². The zero-order valence-electron chi connectivity index (χ0n) is 13.6. The van der Waals surface area contributed by atoms with Gasteiger partial charge in [0.2, 0.25) is 5.75 Å². The first kappa shape index (κ1) is 14.7. The van der Waals surface area contributed by atoms with Gasteiger partial charge in [0.15, 0.2) is 11.5 Å². The minimum Gasteiger partial charge on any atom is -0.504 e. The number of phenols is 2. The van der Waals surface area contributed by atoms with E-state index in [1.54, 1.807) is 6.07 Å². The number of imidazole rings is 1. The molecule has 1 fully saturated rings. The highest BCUT2D eigenvalue weighted by atomic mass is 16.5. The van der Waals surface area contributed by atoms with E-state index < -0.39 is 0 Å². The smallest absolute Gasteiger partial charge is 0.200 e. The summed E-state index contributed by atoms with van der Waals surface area (Å²) in [6.45, 7) is 4.24.